The minimum absolute atomic E-state index is 0.0652. The van der Waals surface area contributed by atoms with Crippen LogP contribution < -0.4 is 9.47 Å². The quantitative estimate of drug-likeness (QED) is 0.792. The molecule has 1 heterocycles. The second-order valence-corrected chi connectivity index (χ2v) is 4.25. The molecule has 100 valence electrons. The van der Waals surface area contributed by atoms with Crippen molar-refractivity contribution in [3.05, 3.63) is 47.4 Å². The molecule has 0 aliphatic carbocycles. The zero-order valence-corrected chi connectivity index (χ0v) is 11.4. The van der Waals surface area contributed by atoms with E-state index in [0.717, 1.165) is 5.56 Å². The van der Waals surface area contributed by atoms with Gasteiger partial charge in [-0.3, -0.25) is 0 Å². The number of aryl methyl sites for hydroxylation is 1. The van der Waals surface area contributed by atoms with Gasteiger partial charge in [-0.2, -0.15) is 0 Å². The molecule has 0 spiro atoms. The van der Waals surface area contributed by atoms with Crippen molar-refractivity contribution in [3.8, 4) is 17.4 Å². The monoisotopic (exact) mass is 281 g/mol. The predicted octanol–water partition coefficient (Wildman–Crippen LogP) is 4.07. The van der Waals surface area contributed by atoms with Gasteiger partial charge in [0.2, 0.25) is 0 Å². The van der Waals surface area contributed by atoms with Crippen LogP contribution in [0.5, 0.6) is 17.4 Å². The van der Waals surface area contributed by atoms with Gasteiger partial charge in [-0.1, -0.05) is 6.07 Å². The van der Waals surface area contributed by atoms with Crippen molar-refractivity contribution in [1.82, 2.24) is 4.98 Å². The Bertz CT molecular complexity index is 590. The molecular weight excluding hydrogens is 269 g/mol. The molecule has 0 atom stereocenters. The fourth-order valence-electron chi connectivity index (χ4n) is 1.60. The van der Waals surface area contributed by atoms with Crippen molar-refractivity contribution in [3.63, 3.8) is 0 Å². The van der Waals surface area contributed by atoms with Gasteiger partial charge in [0.15, 0.2) is 17.3 Å². The molecule has 0 radical (unpaired) electrons. The van der Waals surface area contributed by atoms with Gasteiger partial charge in [0.05, 0.1) is 13.0 Å². The third-order valence-corrected chi connectivity index (χ3v) is 2.89. The molecule has 0 bridgehead atoms. The molecule has 0 N–H and O–H groups in total. The van der Waals surface area contributed by atoms with Gasteiger partial charge in [0.25, 0.3) is 5.88 Å². The number of nitrogens with zero attached hydrogens (tertiary/aromatic N) is 1. The van der Waals surface area contributed by atoms with Gasteiger partial charge in [-0.15, -0.1) is 11.6 Å². The second kappa shape index (κ2) is 5.89. The van der Waals surface area contributed by atoms with E-state index in [2.05, 4.69) is 4.98 Å². The summed E-state index contributed by atoms with van der Waals surface area (Å²) in [4.78, 5) is 3.87. The van der Waals surface area contributed by atoms with Crippen LogP contribution in [0.4, 0.5) is 4.39 Å². The maximum absolute atomic E-state index is 14.0. The fraction of sp³-hybridized carbons (Fsp3) is 0.214. The van der Waals surface area contributed by atoms with Crippen LogP contribution in [0.2, 0.25) is 0 Å². The Kier molecular flexibility index (Phi) is 4.22. The highest BCUT2D eigenvalue weighted by molar-refractivity contribution is 6.17. The molecule has 3 nitrogen and oxygen atoms in total. The molecule has 0 amide bonds. The summed E-state index contributed by atoms with van der Waals surface area (Å²) in [5.74, 6) is 0.333. The van der Waals surface area contributed by atoms with Crippen molar-refractivity contribution >= 4 is 11.6 Å². The molecule has 0 unspecified atom stereocenters. The zero-order chi connectivity index (χ0) is 13.8. The maximum atomic E-state index is 14.0. The summed E-state index contributed by atoms with van der Waals surface area (Å²) in [6, 6.07) is 6.88. The Labute approximate surface area is 115 Å². The van der Waals surface area contributed by atoms with E-state index in [0.29, 0.717) is 17.1 Å². The summed E-state index contributed by atoms with van der Waals surface area (Å²) < 4.78 is 24.6. The molecule has 0 fully saturated rings. The van der Waals surface area contributed by atoms with Crippen LogP contribution in [0.25, 0.3) is 0 Å². The minimum Gasteiger partial charge on any atom is -0.493 e. The summed E-state index contributed by atoms with van der Waals surface area (Å²) in [6.45, 7) is 1.93. The Morgan fingerprint density at radius 1 is 1.26 bits per heavy atom. The van der Waals surface area contributed by atoms with Gasteiger partial charge < -0.3 is 9.47 Å². The van der Waals surface area contributed by atoms with E-state index in [1.54, 1.807) is 12.1 Å². The van der Waals surface area contributed by atoms with Crippen LogP contribution in [-0.4, -0.2) is 12.1 Å². The lowest BCUT2D eigenvalue weighted by atomic mass is 10.2. The number of pyridine rings is 1. The number of methoxy groups -OCH3 is 1. The summed E-state index contributed by atoms with van der Waals surface area (Å²) in [5, 5.41) is 0. The molecule has 1 aromatic carbocycles. The molecule has 5 heteroatoms. The summed E-state index contributed by atoms with van der Waals surface area (Å²) in [6.07, 6.45) is 1.46. The molecule has 2 rings (SSSR count). The smallest absolute Gasteiger partial charge is 0.256 e. The van der Waals surface area contributed by atoms with Gasteiger partial charge in [0.1, 0.15) is 0 Å². The first-order chi connectivity index (χ1) is 9.15. The van der Waals surface area contributed by atoms with Gasteiger partial charge >= 0.3 is 0 Å². The number of hydrogen-bond donors (Lipinski definition) is 0. The first-order valence-electron chi connectivity index (χ1n) is 5.67. The number of rotatable bonds is 4. The molecule has 2 aromatic rings. The van der Waals surface area contributed by atoms with Crippen molar-refractivity contribution in [2.24, 2.45) is 0 Å². The largest absolute Gasteiger partial charge is 0.493 e. The van der Waals surface area contributed by atoms with Crippen LogP contribution in [0.1, 0.15) is 11.1 Å². The number of hydrogen-bond acceptors (Lipinski definition) is 3. The standard InChI is InChI=1S/C14H13ClFNO2/c1-9-3-4-11(12(7-9)18-2)19-14-13(16)10(8-15)5-6-17-14/h3-7H,8H2,1-2H3. The average Bonchev–Trinajstić information content (AvgIpc) is 2.42. The first-order valence-corrected chi connectivity index (χ1v) is 6.21. The molecule has 0 saturated heterocycles. The molecular formula is C14H13ClFNO2. The van der Waals surface area contributed by atoms with Crippen LogP contribution in [0.3, 0.4) is 0 Å². The Hall–Kier alpha value is -1.81. The SMILES string of the molecule is COc1cc(C)ccc1Oc1nccc(CCl)c1F. The number of ether oxygens (including phenoxy) is 2. The van der Waals surface area contributed by atoms with E-state index in [1.807, 2.05) is 13.0 Å². The van der Waals surface area contributed by atoms with Crippen molar-refractivity contribution in [1.29, 1.82) is 0 Å². The van der Waals surface area contributed by atoms with E-state index in [-0.39, 0.29) is 11.8 Å². The highest BCUT2D eigenvalue weighted by Gasteiger charge is 2.13. The van der Waals surface area contributed by atoms with Gasteiger partial charge in [-0.25, -0.2) is 9.37 Å². The maximum Gasteiger partial charge on any atom is 0.256 e. The van der Waals surface area contributed by atoms with Crippen LogP contribution in [-0.2, 0) is 5.88 Å². The summed E-state index contributed by atoms with van der Waals surface area (Å²) >= 11 is 5.64. The number of halogens is 2. The topological polar surface area (TPSA) is 31.4 Å². The number of aromatic nitrogens is 1. The Morgan fingerprint density at radius 2 is 2.05 bits per heavy atom. The van der Waals surface area contributed by atoms with E-state index in [1.165, 1.54) is 19.4 Å². The van der Waals surface area contributed by atoms with Gasteiger partial charge in [0, 0.05) is 11.8 Å². The van der Waals surface area contributed by atoms with E-state index in [9.17, 15) is 4.39 Å². The Morgan fingerprint density at radius 3 is 2.74 bits per heavy atom. The van der Waals surface area contributed by atoms with Crippen molar-refractivity contribution in [2.45, 2.75) is 12.8 Å². The third-order valence-electron chi connectivity index (χ3n) is 2.61. The van der Waals surface area contributed by atoms with Crippen LogP contribution in [0, 0.1) is 12.7 Å². The first kappa shape index (κ1) is 13.6. The van der Waals surface area contributed by atoms with Gasteiger partial charge in [-0.05, 0) is 30.7 Å². The predicted molar refractivity (Wildman–Crippen MR) is 71.6 cm³/mol. The highest BCUT2D eigenvalue weighted by Crippen LogP contribution is 2.33. The van der Waals surface area contributed by atoms with Crippen LogP contribution in [0.15, 0.2) is 30.5 Å². The van der Waals surface area contributed by atoms with E-state index >= 15 is 0 Å². The van der Waals surface area contributed by atoms with E-state index < -0.39 is 5.82 Å². The molecule has 19 heavy (non-hydrogen) atoms. The number of benzene rings is 1. The molecule has 0 aliphatic rings. The highest BCUT2D eigenvalue weighted by atomic mass is 35.5. The Balaban J connectivity index is 2.36. The average molecular weight is 282 g/mol. The second-order valence-electron chi connectivity index (χ2n) is 3.98. The molecule has 0 aliphatic heterocycles. The lowest BCUT2D eigenvalue weighted by Crippen LogP contribution is -1.97. The summed E-state index contributed by atoms with van der Waals surface area (Å²) in [5.41, 5.74) is 1.37. The van der Waals surface area contributed by atoms with Crippen LogP contribution >= 0.6 is 11.6 Å². The fourth-order valence-corrected chi connectivity index (χ4v) is 1.81. The van der Waals surface area contributed by atoms with E-state index in [4.69, 9.17) is 21.1 Å². The zero-order valence-electron chi connectivity index (χ0n) is 10.6. The lowest BCUT2D eigenvalue weighted by Gasteiger charge is -2.11. The third kappa shape index (κ3) is 2.96. The minimum atomic E-state index is -0.555. The lowest BCUT2D eigenvalue weighted by molar-refractivity contribution is 0.363. The van der Waals surface area contributed by atoms with Crippen molar-refractivity contribution in [2.75, 3.05) is 7.11 Å². The molecule has 0 saturated carbocycles. The summed E-state index contributed by atoms with van der Waals surface area (Å²) in [7, 11) is 1.53. The van der Waals surface area contributed by atoms with Crippen molar-refractivity contribution < 1.29 is 13.9 Å². The normalized spacial score (nSPS) is 10.3. The number of alkyl halides is 1. The molecule has 1 aromatic heterocycles.